The Morgan fingerprint density at radius 2 is 1.44 bits per heavy atom. The predicted molar refractivity (Wildman–Crippen MR) is 158 cm³/mol. The number of nitrogens with zero attached hydrogens (tertiary/aromatic N) is 2. The van der Waals surface area contributed by atoms with E-state index in [1.807, 2.05) is 80.6 Å². The van der Waals surface area contributed by atoms with Gasteiger partial charge in [0, 0.05) is 11.6 Å². The van der Waals surface area contributed by atoms with E-state index in [9.17, 15) is 4.79 Å². The highest BCUT2D eigenvalue weighted by Crippen LogP contribution is 2.27. The summed E-state index contributed by atoms with van der Waals surface area (Å²) >= 11 is 0. The predicted octanol–water partition coefficient (Wildman–Crippen LogP) is 8.21. The van der Waals surface area contributed by atoms with Crippen LogP contribution in [-0.2, 0) is 11.3 Å². The second kappa shape index (κ2) is 10.4. The molecule has 0 aliphatic carbocycles. The van der Waals surface area contributed by atoms with E-state index in [0.717, 1.165) is 33.5 Å². The lowest BCUT2D eigenvalue weighted by Gasteiger charge is -2.13. The van der Waals surface area contributed by atoms with Gasteiger partial charge < -0.3 is 9.30 Å². The standard InChI is InChI=1S/C35H28N2O2/c1-24-10-7-14-27(20-24)33(39-35(38)28-15-8-11-25(2)21-28)22-34-36-31-18-5-6-19-32(31)37(34)23-29-16-9-13-26-12-3-4-17-30(26)29/h3-22H,23H2,1-2H3. The number of para-hydroxylation sites is 2. The SMILES string of the molecule is Cc1cccc(C(=O)OC(=Cc2nc3ccccc3n2Cc2cccc3ccccc23)c2cccc(C)c2)c1. The molecule has 0 N–H and O–H groups in total. The van der Waals surface area contributed by atoms with Crippen LogP contribution in [0.4, 0.5) is 0 Å². The zero-order chi connectivity index (χ0) is 26.8. The van der Waals surface area contributed by atoms with Crippen LogP contribution in [0, 0.1) is 13.8 Å². The number of ether oxygens (including phenoxy) is 1. The molecule has 190 valence electrons. The van der Waals surface area contributed by atoms with Gasteiger partial charge in [-0.05, 0) is 60.5 Å². The number of carbonyl (C=O) groups excluding carboxylic acids is 1. The van der Waals surface area contributed by atoms with Gasteiger partial charge in [0.1, 0.15) is 11.6 Å². The normalized spacial score (nSPS) is 11.7. The molecular formula is C35H28N2O2. The van der Waals surface area contributed by atoms with Crippen molar-refractivity contribution >= 4 is 39.6 Å². The van der Waals surface area contributed by atoms with Crippen molar-refractivity contribution in [1.29, 1.82) is 0 Å². The number of esters is 1. The molecule has 0 fully saturated rings. The van der Waals surface area contributed by atoms with Crippen molar-refractivity contribution in [2.24, 2.45) is 0 Å². The number of hydrogen-bond acceptors (Lipinski definition) is 3. The molecule has 0 aliphatic heterocycles. The first kappa shape index (κ1) is 24.4. The molecule has 0 aliphatic rings. The van der Waals surface area contributed by atoms with E-state index in [4.69, 9.17) is 9.72 Å². The van der Waals surface area contributed by atoms with Crippen LogP contribution in [0.1, 0.15) is 38.4 Å². The van der Waals surface area contributed by atoms with Crippen LogP contribution in [-0.4, -0.2) is 15.5 Å². The Morgan fingerprint density at radius 3 is 2.26 bits per heavy atom. The third-order valence-corrected chi connectivity index (χ3v) is 6.91. The van der Waals surface area contributed by atoms with Gasteiger partial charge in [0.15, 0.2) is 0 Å². The zero-order valence-electron chi connectivity index (χ0n) is 22.0. The van der Waals surface area contributed by atoms with Crippen molar-refractivity contribution in [3.05, 3.63) is 149 Å². The maximum atomic E-state index is 13.3. The molecule has 0 bridgehead atoms. The minimum absolute atomic E-state index is 0.400. The summed E-state index contributed by atoms with van der Waals surface area (Å²) in [6.07, 6.45) is 1.88. The van der Waals surface area contributed by atoms with Crippen molar-refractivity contribution in [2.45, 2.75) is 20.4 Å². The molecule has 39 heavy (non-hydrogen) atoms. The Balaban J connectivity index is 1.49. The highest BCUT2D eigenvalue weighted by atomic mass is 16.5. The molecule has 0 amide bonds. The van der Waals surface area contributed by atoms with Gasteiger partial charge in [0.2, 0.25) is 0 Å². The summed E-state index contributed by atoms with van der Waals surface area (Å²) in [6, 6.07) is 38.3. The van der Waals surface area contributed by atoms with Crippen LogP contribution in [0.15, 0.2) is 115 Å². The van der Waals surface area contributed by atoms with E-state index in [2.05, 4.69) is 53.1 Å². The first-order valence-corrected chi connectivity index (χ1v) is 13.0. The maximum absolute atomic E-state index is 13.3. The summed E-state index contributed by atoms with van der Waals surface area (Å²) in [4.78, 5) is 18.2. The van der Waals surface area contributed by atoms with Crippen molar-refractivity contribution in [3.63, 3.8) is 0 Å². The smallest absolute Gasteiger partial charge is 0.343 e. The van der Waals surface area contributed by atoms with Crippen molar-refractivity contribution < 1.29 is 9.53 Å². The van der Waals surface area contributed by atoms with Gasteiger partial charge in [-0.2, -0.15) is 0 Å². The Morgan fingerprint density at radius 1 is 0.769 bits per heavy atom. The fourth-order valence-electron chi connectivity index (χ4n) is 4.99. The number of aromatic nitrogens is 2. The number of hydrogen-bond donors (Lipinski definition) is 0. The molecule has 0 saturated heterocycles. The van der Waals surface area contributed by atoms with Gasteiger partial charge in [-0.25, -0.2) is 9.78 Å². The third-order valence-electron chi connectivity index (χ3n) is 6.91. The molecule has 1 aromatic heterocycles. The van der Waals surface area contributed by atoms with E-state index >= 15 is 0 Å². The molecule has 4 heteroatoms. The highest BCUT2D eigenvalue weighted by Gasteiger charge is 2.17. The molecule has 5 aromatic carbocycles. The number of benzene rings is 5. The van der Waals surface area contributed by atoms with Crippen LogP contribution in [0.2, 0.25) is 0 Å². The quantitative estimate of drug-likeness (QED) is 0.168. The van der Waals surface area contributed by atoms with Crippen molar-refractivity contribution in [1.82, 2.24) is 9.55 Å². The first-order valence-electron chi connectivity index (χ1n) is 13.0. The second-order valence-corrected chi connectivity index (χ2v) is 9.82. The first-order chi connectivity index (χ1) is 19.0. The summed E-state index contributed by atoms with van der Waals surface area (Å²) in [6.45, 7) is 4.61. The molecular weight excluding hydrogens is 480 g/mol. The fourth-order valence-corrected chi connectivity index (χ4v) is 4.99. The van der Waals surface area contributed by atoms with Gasteiger partial charge in [0.05, 0.1) is 23.1 Å². The molecule has 6 rings (SSSR count). The Bertz CT molecular complexity index is 1860. The fraction of sp³-hybridized carbons (Fsp3) is 0.0857. The molecule has 1 heterocycles. The molecule has 0 spiro atoms. The Hall–Kier alpha value is -4.96. The zero-order valence-corrected chi connectivity index (χ0v) is 22.0. The minimum atomic E-state index is -0.400. The number of fused-ring (bicyclic) bond motifs is 2. The van der Waals surface area contributed by atoms with Crippen LogP contribution < -0.4 is 0 Å². The van der Waals surface area contributed by atoms with Gasteiger partial charge in [0.25, 0.3) is 0 Å². The van der Waals surface area contributed by atoms with E-state index < -0.39 is 5.97 Å². The van der Waals surface area contributed by atoms with Gasteiger partial charge >= 0.3 is 5.97 Å². The average Bonchev–Trinajstić information content (AvgIpc) is 3.29. The number of carbonyl (C=O) groups is 1. The lowest BCUT2D eigenvalue weighted by atomic mass is 10.0. The minimum Gasteiger partial charge on any atom is -0.422 e. The van der Waals surface area contributed by atoms with Gasteiger partial charge in [-0.3, -0.25) is 0 Å². The number of imidazole rings is 1. The van der Waals surface area contributed by atoms with E-state index in [-0.39, 0.29) is 0 Å². The van der Waals surface area contributed by atoms with E-state index in [1.54, 1.807) is 6.07 Å². The molecule has 0 saturated carbocycles. The lowest BCUT2D eigenvalue weighted by Crippen LogP contribution is -2.07. The highest BCUT2D eigenvalue weighted by molar-refractivity contribution is 5.95. The summed E-state index contributed by atoms with van der Waals surface area (Å²) in [5.74, 6) is 0.778. The van der Waals surface area contributed by atoms with Gasteiger partial charge in [-0.1, -0.05) is 96.1 Å². The molecule has 0 atom stereocenters. The summed E-state index contributed by atoms with van der Waals surface area (Å²) in [7, 11) is 0. The van der Waals surface area contributed by atoms with E-state index in [0.29, 0.717) is 17.9 Å². The second-order valence-electron chi connectivity index (χ2n) is 9.82. The van der Waals surface area contributed by atoms with Crippen LogP contribution in [0.25, 0.3) is 33.6 Å². The Labute approximate surface area is 227 Å². The monoisotopic (exact) mass is 508 g/mol. The summed E-state index contributed by atoms with van der Waals surface area (Å²) in [5, 5.41) is 2.40. The van der Waals surface area contributed by atoms with Gasteiger partial charge in [-0.15, -0.1) is 0 Å². The number of rotatable bonds is 6. The average molecular weight is 509 g/mol. The largest absolute Gasteiger partial charge is 0.422 e. The molecule has 0 radical (unpaired) electrons. The molecule has 6 aromatic rings. The molecule has 0 unspecified atom stereocenters. The summed E-state index contributed by atoms with van der Waals surface area (Å²) < 4.78 is 8.26. The lowest BCUT2D eigenvalue weighted by molar-refractivity contribution is 0.0693. The van der Waals surface area contributed by atoms with Crippen molar-refractivity contribution in [2.75, 3.05) is 0 Å². The van der Waals surface area contributed by atoms with Crippen LogP contribution in [0.5, 0.6) is 0 Å². The Kier molecular flexibility index (Phi) is 6.52. The number of aryl methyl sites for hydroxylation is 2. The third kappa shape index (κ3) is 5.10. The summed E-state index contributed by atoms with van der Waals surface area (Å²) in [5.41, 5.74) is 6.51. The van der Waals surface area contributed by atoms with Crippen molar-refractivity contribution in [3.8, 4) is 0 Å². The maximum Gasteiger partial charge on any atom is 0.343 e. The van der Waals surface area contributed by atoms with Crippen LogP contribution in [0.3, 0.4) is 0 Å². The topological polar surface area (TPSA) is 44.1 Å². The molecule has 4 nitrogen and oxygen atoms in total. The van der Waals surface area contributed by atoms with Crippen LogP contribution >= 0.6 is 0 Å². The van der Waals surface area contributed by atoms with E-state index in [1.165, 1.54) is 16.3 Å².